The summed E-state index contributed by atoms with van der Waals surface area (Å²) in [5.41, 5.74) is 0. The van der Waals surface area contributed by atoms with Gasteiger partial charge < -0.3 is 9.47 Å². The average molecular weight is 214 g/mol. The van der Waals surface area contributed by atoms with Gasteiger partial charge in [-0.3, -0.25) is 14.4 Å². The fraction of sp³-hybridized carbons (Fsp3) is 0.700. The second-order valence-electron chi connectivity index (χ2n) is 3.54. The zero-order valence-electron chi connectivity index (χ0n) is 8.82. The van der Waals surface area contributed by atoms with Gasteiger partial charge in [-0.2, -0.15) is 0 Å². The molecule has 0 aromatic carbocycles. The highest BCUT2D eigenvalue weighted by molar-refractivity contribution is 6.00. The van der Waals surface area contributed by atoms with Crippen LogP contribution < -0.4 is 0 Å². The number of hydrogen-bond donors (Lipinski definition) is 0. The molecule has 0 radical (unpaired) electrons. The Bertz CT molecular complexity index is 276. The molecule has 0 aliphatic heterocycles. The Hall–Kier alpha value is -1.39. The Morgan fingerprint density at radius 1 is 1.20 bits per heavy atom. The molecule has 0 aromatic rings. The third-order valence-corrected chi connectivity index (χ3v) is 2.67. The second-order valence-corrected chi connectivity index (χ2v) is 3.54. The molecule has 0 amide bonds. The van der Waals surface area contributed by atoms with Crippen LogP contribution in [0.3, 0.4) is 0 Å². The van der Waals surface area contributed by atoms with Crippen LogP contribution in [-0.2, 0) is 23.9 Å². The summed E-state index contributed by atoms with van der Waals surface area (Å²) in [6.45, 7) is 0. The molecule has 1 fully saturated rings. The molecule has 0 heterocycles. The highest BCUT2D eigenvalue weighted by Crippen LogP contribution is 2.28. The van der Waals surface area contributed by atoms with Crippen LogP contribution in [0.2, 0.25) is 0 Å². The van der Waals surface area contributed by atoms with Gasteiger partial charge >= 0.3 is 11.9 Å². The molecule has 1 aliphatic carbocycles. The van der Waals surface area contributed by atoms with Gasteiger partial charge in [-0.1, -0.05) is 0 Å². The van der Waals surface area contributed by atoms with E-state index in [1.54, 1.807) is 0 Å². The maximum absolute atomic E-state index is 11.4. The van der Waals surface area contributed by atoms with E-state index in [1.165, 1.54) is 14.2 Å². The Morgan fingerprint density at radius 3 is 2.33 bits per heavy atom. The van der Waals surface area contributed by atoms with E-state index in [9.17, 15) is 14.4 Å². The molecule has 0 aromatic heterocycles. The lowest BCUT2D eigenvalue weighted by molar-refractivity contribution is -0.155. The molecule has 0 N–H and O–H groups in total. The molecule has 84 valence electrons. The largest absolute Gasteiger partial charge is 0.469 e. The molecular weight excluding hydrogens is 200 g/mol. The van der Waals surface area contributed by atoms with Crippen LogP contribution in [0, 0.1) is 11.8 Å². The fourth-order valence-electron chi connectivity index (χ4n) is 1.78. The van der Waals surface area contributed by atoms with E-state index < -0.39 is 11.9 Å². The highest BCUT2D eigenvalue weighted by Gasteiger charge is 2.37. The van der Waals surface area contributed by atoms with Crippen molar-refractivity contribution in [3.8, 4) is 0 Å². The van der Waals surface area contributed by atoms with Crippen LogP contribution in [0.1, 0.15) is 19.3 Å². The number of Topliss-reactive ketones (excluding diaryl/α,β-unsaturated/α-hetero) is 1. The van der Waals surface area contributed by atoms with E-state index >= 15 is 0 Å². The number of methoxy groups -OCH3 is 2. The standard InChI is InChI=1S/C10H14O5/c1-14-9(12)6-3-4-8(11)7(5-6)10(13)15-2/h6-7H,3-5H2,1-2H3/t6-,7+/m1/s1. The lowest BCUT2D eigenvalue weighted by Crippen LogP contribution is -2.35. The van der Waals surface area contributed by atoms with Gasteiger partial charge in [0.1, 0.15) is 11.7 Å². The minimum absolute atomic E-state index is 0.151. The van der Waals surface area contributed by atoms with Crippen molar-refractivity contribution in [1.82, 2.24) is 0 Å². The van der Waals surface area contributed by atoms with Crippen LogP contribution >= 0.6 is 0 Å². The summed E-state index contributed by atoms with van der Waals surface area (Å²) >= 11 is 0. The number of esters is 2. The molecule has 0 bridgehead atoms. The van der Waals surface area contributed by atoms with Gasteiger partial charge in [-0.05, 0) is 12.8 Å². The first-order chi connectivity index (χ1) is 7.10. The molecular formula is C10H14O5. The third kappa shape index (κ3) is 2.55. The molecule has 15 heavy (non-hydrogen) atoms. The lowest BCUT2D eigenvalue weighted by atomic mass is 9.80. The van der Waals surface area contributed by atoms with Gasteiger partial charge in [0.2, 0.25) is 0 Å². The SMILES string of the molecule is COC(=O)[C@@H]1CCC(=O)[C@@H](C(=O)OC)C1. The Kier molecular flexibility index (Phi) is 3.82. The van der Waals surface area contributed by atoms with Gasteiger partial charge in [0.25, 0.3) is 0 Å². The summed E-state index contributed by atoms with van der Waals surface area (Å²) in [7, 11) is 2.53. The third-order valence-electron chi connectivity index (χ3n) is 2.67. The van der Waals surface area contributed by atoms with Crippen LogP contribution in [0.25, 0.3) is 0 Å². The summed E-state index contributed by atoms with van der Waals surface area (Å²) in [4.78, 5) is 33.9. The number of rotatable bonds is 2. The van der Waals surface area contributed by atoms with Crippen LogP contribution in [-0.4, -0.2) is 31.9 Å². The Morgan fingerprint density at radius 2 is 1.80 bits per heavy atom. The van der Waals surface area contributed by atoms with Crippen molar-refractivity contribution in [1.29, 1.82) is 0 Å². The topological polar surface area (TPSA) is 69.7 Å². The molecule has 1 aliphatic rings. The van der Waals surface area contributed by atoms with Gasteiger partial charge in [0.15, 0.2) is 0 Å². The van der Waals surface area contributed by atoms with Crippen LogP contribution in [0.5, 0.6) is 0 Å². The number of ketones is 1. The van der Waals surface area contributed by atoms with E-state index in [1.807, 2.05) is 0 Å². The van der Waals surface area contributed by atoms with Crippen molar-refractivity contribution in [2.24, 2.45) is 11.8 Å². The first-order valence-electron chi connectivity index (χ1n) is 4.78. The number of ether oxygens (including phenoxy) is 2. The predicted octanol–water partition coefficient (Wildman–Crippen LogP) is 0.318. The zero-order chi connectivity index (χ0) is 11.4. The zero-order valence-corrected chi connectivity index (χ0v) is 8.82. The predicted molar refractivity (Wildman–Crippen MR) is 49.9 cm³/mol. The summed E-state index contributed by atoms with van der Waals surface area (Å²) < 4.78 is 9.09. The Labute approximate surface area is 87.7 Å². The Balaban J connectivity index is 2.68. The van der Waals surface area contributed by atoms with E-state index in [-0.39, 0.29) is 30.5 Å². The molecule has 0 spiro atoms. The molecule has 1 rings (SSSR count). The average Bonchev–Trinajstić information content (AvgIpc) is 2.27. The monoisotopic (exact) mass is 214 g/mol. The van der Waals surface area contributed by atoms with Gasteiger partial charge in [-0.25, -0.2) is 0 Å². The lowest BCUT2D eigenvalue weighted by Gasteiger charge is -2.24. The van der Waals surface area contributed by atoms with Crippen molar-refractivity contribution in [3.63, 3.8) is 0 Å². The summed E-state index contributed by atoms with van der Waals surface area (Å²) in [5.74, 6) is -2.24. The van der Waals surface area contributed by atoms with Crippen LogP contribution in [0.4, 0.5) is 0 Å². The van der Waals surface area contributed by atoms with E-state index in [4.69, 9.17) is 0 Å². The second kappa shape index (κ2) is 4.91. The first-order valence-corrected chi connectivity index (χ1v) is 4.78. The molecule has 2 atom stereocenters. The maximum atomic E-state index is 11.4. The van der Waals surface area contributed by atoms with E-state index in [0.29, 0.717) is 6.42 Å². The molecule has 5 nitrogen and oxygen atoms in total. The van der Waals surface area contributed by atoms with Gasteiger partial charge in [0.05, 0.1) is 20.1 Å². The van der Waals surface area contributed by atoms with Gasteiger partial charge in [0, 0.05) is 6.42 Å². The minimum atomic E-state index is -0.798. The van der Waals surface area contributed by atoms with Crippen molar-refractivity contribution in [2.45, 2.75) is 19.3 Å². The number of carbonyl (C=O) groups is 3. The smallest absolute Gasteiger partial charge is 0.316 e. The van der Waals surface area contributed by atoms with E-state index in [0.717, 1.165) is 0 Å². The number of carbonyl (C=O) groups excluding carboxylic acids is 3. The minimum Gasteiger partial charge on any atom is -0.469 e. The normalized spacial score (nSPS) is 25.9. The fourth-order valence-corrected chi connectivity index (χ4v) is 1.78. The van der Waals surface area contributed by atoms with Gasteiger partial charge in [-0.15, -0.1) is 0 Å². The first kappa shape index (κ1) is 11.7. The summed E-state index contributed by atoms with van der Waals surface area (Å²) in [6.07, 6.45) is 0.900. The highest BCUT2D eigenvalue weighted by atomic mass is 16.5. The summed E-state index contributed by atoms with van der Waals surface area (Å²) in [6, 6.07) is 0. The number of hydrogen-bond acceptors (Lipinski definition) is 5. The maximum Gasteiger partial charge on any atom is 0.316 e. The van der Waals surface area contributed by atoms with Crippen molar-refractivity contribution < 1.29 is 23.9 Å². The molecule has 5 heteroatoms. The quantitative estimate of drug-likeness (QED) is 0.489. The summed E-state index contributed by atoms with van der Waals surface area (Å²) in [5, 5.41) is 0. The van der Waals surface area contributed by atoms with Crippen molar-refractivity contribution in [3.05, 3.63) is 0 Å². The van der Waals surface area contributed by atoms with E-state index in [2.05, 4.69) is 9.47 Å². The van der Waals surface area contributed by atoms with Crippen molar-refractivity contribution >= 4 is 17.7 Å². The van der Waals surface area contributed by atoms with Crippen molar-refractivity contribution in [2.75, 3.05) is 14.2 Å². The van der Waals surface area contributed by atoms with Crippen LogP contribution in [0.15, 0.2) is 0 Å². The molecule has 1 saturated carbocycles. The molecule has 0 unspecified atom stereocenters. The molecule has 0 saturated heterocycles.